The van der Waals surface area contributed by atoms with E-state index in [4.69, 9.17) is 17.3 Å². The Bertz CT molecular complexity index is 379. The van der Waals surface area contributed by atoms with E-state index in [-0.39, 0.29) is 0 Å². The Labute approximate surface area is 84.0 Å². The largest absolute Gasteiger partial charge is 0.321 e. The molecule has 1 aromatic carbocycles. The van der Waals surface area contributed by atoms with Crippen LogP contribution < -0.4 is 5.73 Å². The molecule has 0 saturated carbocycles. The first-order valence-electron chi connectivity index (χ1n) is 3.70. The lowest BCUT2D eigenvalue weighted by molar-refractivity contribution is 0.475. The Kier molecular flexibility index (Phi) is 3.18. The summed E-state index contributed by atoms with van der Waals surface area (Å²) in [5, 5.41) is -0.611. The van der Waals surface area contributed by atoms with E-state index in [0.717, 1.165) is 6.08 Å². The maximum atomic E-state index is 13.1. The predicted molar refractivity (Wildman–Crippen MR) is 48.5 cm³/mol. The molecule has 0 unspecified atom stereocenters. The third kappa shape index (κ3) is 1.76. The molecular weight excluding hydrogens is 215 g/mol. The lowest BCUT2D eigenvalue weighted by atomic mass is 10.1. The number of nitrogens with two attached hydrogens (primary N) is 1. The molecule has 0 spiro atoms. The standard InChI is InChI=1S/C9H7ClF3N/c1-2-6(14)7-5(11)3-4(10)8(12)9(7)13/h2-3,6H,1,14H2/t6-/m1/s1. The van der Waals surface area contributed by atoms with E-state index in [1.807, 2.05) is 0 Å². The molecule has 0 aromatic heterocycles. The van der Waals surface area contributed by atoms with E-state index in [0.29, 0.717) is 6.07 Å². The van der Waals surface area contributed by atoms with Crippen molar-refractivity contribution in [3.05, 3.63) is 46.8 Å². The fraction of sp³-hybridized carbons (Fsp3) is 0.111. The average molecular weight is 222 g/mol. The molecule has 0 amide bonds. The zero-order chi connectivity index (χ0) is 10.9. The second-order valence-corrected chi connectivity index (χ2v) is 3.05. The summed E-state index contributed by atoms with van der Waals surface area (Å²) in [6.45, 7) is 3.26. The lowest BCUT2D eigenvalue weighted by Gasteiger charge is -2.10. The van der Waals surface area contributed by atoms with Crippen LogP contribution in [0.1, 0.15) is 11.6 Å². The maximum Gasteiger partial charge on any atom is 0.177 e. The minimum Gasteiger partial charge on any atom is -0.321 e. The SMILES string of the molecule is C=C[C@@H](N)c1c(F)cc(Cl)c(F)c1F. The molecule has 0 heterocycles. The number of halogens is 4. The van der Waals surface area contributed by atoms with E-state index < -0.39 is 34.1 Å². The Balaban J connectivity index is 3.43. The van der Waals surface area contributed by atoms with Gasteiger partial charge in [0, 0.05) is 5.56 Å². The highest BCUT2D eigenvalue weighted by Gasteiger charge is 2.20. The molecule has 1 nitrogen and oxygen atoms in total. The van der Waals surface area contributed by atoms with Crippen LogP contribution in [0.3, 0.4) is 0 Å². The fourth-order valence-corrected chi connectivity index (χ4v) is 1.18. The smallest absolute Gasteiger partial charge is 0.177 e. The van der Waals surface area contributed by atoms with Gasteiger partial charge in [0.1, 0.15) is 5.82 Å². The molecule has 2 N–H and O–H groups in total. The van der Waals surface area contributed by atoms with Gasteiger partial charge in [0.05, 0.1) is 11.1 Å². The maximum absolute atomic E-state index is 13.1. The lowest BCUT2D eigenvalue weighted by Crippen LogP contribution is -2.12. The molecule has 0 saturated heterocycles. The first-order chi connectivity index (χ1) is 6.49. The van der Waals surface area contributed by atoms with Crippen molar-refractivity contribution in [1.29, 1.82) is 0 Å². The van der Waals surface area contributed by atoms with Crippen LogP contribution in [0, 0.1) is 17.5 Å². The molecule has 76 valence electrons. The minimum atomic E-state index is -1.37. The Morgan fingerprint density at radius 2 is 1.93 bits per heavy atom. The highest BCUT2D eigenvalue weighted by molar-refractivity contribution is 6.30. The number of rotatable bonds is 2. The zero-order valence-electron chi connectivity index (χ0n) is 7.03. The van der Waals surface area contributed by atoms with Crippen LogP contribution in [-0.4, -0.2) is 0 Å². The quantitative estimate of drug-likeness (QED) is 0.464. The summed E-state index contributed by atoms with van der Waals surface area (Å²) < 4.78 is 39.1. The Morgan fingerprint density at radius 1 is 1.36 bits per heavy atom. The first kappa shape index (κ1) is 11.1. The summed E-state index contributed by atoms with van der Waals surface area (Å²) in [6, 6.07) is -0.416. The number of hydrogen-bond donors (Lipinski definition) is 1. The van der Waals surface area contributed by atoms with Crippen molar-refractivity contribution < 1.29 is 13.2 Å². The predicted octanol–water partition coefficient (Wildman–Crippen LogP) is 2.94. The number of hydrogen-bond acceptors (Lipinski definition) is 1. The van der Waals surface area contributed by atoms with Gasteiger partial charge in [0.15, 0.2) is 11.6 Å². The first-order valence-corrected chi connectivity index (χ1v) is 4.07. The molecule has 0 fully saturated rings. The minimum absolute atomic E-state index is 0.568. The summed E-state index contributed by atoms with van der Waals surface area (Å²) in [5.74, 6) is -3.66. The second kappa shape index (κ2) is 4.02. The molecule has 1 aromatic rings. The van der Waals surface area contributed by atoms with Crippen molar-refractivity contribution >= 4 is 11.6 Å². The zero-order valence-corrected chi connectivity index (χ0v) is 7.78. The van der Waals surface area contributed by atoms with Crippen LogP contribution >= 0.6 is 11.6 Å². The van der Waals surface area contributed by atoms with Gasteiger partial charge in [0.25, 0.3) is 0 Å². The van der Waals surface area contributed by atoms with Crippen molar-refractivity contribution in [3.8, 4) is 0 Å². The van der Waals surface area contributed by atoms with Crippen molar-refractivity contribution in [1.82, 2.24) is 0 Å². The highest BCUT2D eigenvalue weighted by atomic mass is 35.5. The molecule has 1 rings (SSSR count). The van der Waals surface area contributed by atoms with Crippen LogP contribution in [0.15, 0.2) is 18.7 Å². The van der Waals surface area contributed by atoms with Crippen LogP contribution in [0.2, 0.25) is 5.02 Å². The second-order valence-electron chi connectivity index (χ2n) is 2.64. The third-order valence-electron chi connectivity index (χ3n) is 1.74. The van der Waals surface area contributed by atoms with Crippen molar-refractivity contribution in [2.24, 2.45) is 5.73 Å². The van der Waals surface area contributed by atoms with Crippen molar-refractivity contribution in [2.45, 2.75) is 6.04 Å². The van der Waals surface area contributed by atoms with Gasteiger partial charge >= 0.3 is 0 Å². The van der Waals surface area contributed by atoms with Crippen LogP contribution in [0.5, 0.6) is 0 Å². The molecule has 0 aliphatic heterocycles. The summed E-state index contributed by atoms with van der Waals surface area (Å²) in [5.41, 5.74) is 4.74. The van der Waals surface area contributed by atoms with E-state index in [1.54, 1.807) is 0 Å². The Morgan fingerprint density at radius 3 is 2.43 bits per heavy atom. The summed E-state index contributed by atoms with van der Waals surface area (Å²) in [7, 11) is 0. The molecule has 5 heteroatoms. The average Bonchev–Trinajstić information content (AvgIpc) is 2.14. The highest BCUT2D eigenvalue weighted by Crippen LogP contribution is 2.27. The van der Waals surface area contributed by atoms with Gasteiger partial charge in [-0.2, -0.15) is 0 Å². The van der Waals surface area contributed by atoms with E-state index >= 15 is 0 Å². The molecule has 0 aliphatic carbocycles. The van der Waals surface area contributed by atoms with E-state index in [1.165, 1.54) is 0 Å². The molecule has 0 bridgehead atoms. The molecule has 14 heavy (non-hydrogen) atoms. The molecule has 0 radical (unpaired) electrons. The monoisotopic (exact) mass is 221 g/mol. The normalized spacial score (nSPS) is 12.6. The summed E-state index contributed by atoms with van der Waals surface area (Å²) in [4.78, 5) is 0. The molecular formula is C9H7ClF3N. The Hall–Kier alpha value is -1.00. The molecule has 0 aliphatic rings. The van der Waals surface area contributed by atoms with Crippen molar-refractivity contribution in [2.75, 3.05) is 0 Å². The van der Waals surface area contributed by atoms with Crippen LogP contribution in [-0.2, 0) is 0 Å². The third-order valence-corrected chi connectivity index (χ3v) is 2.01. The van der Waals surface area contributed by atoms with Gasteiger partial charge in [-0.1, -0.05) is 17.7 Å². The van der Waals surface area contributed by atoms with Gasteiger partial charge in [-0.15, -0.1) is 6.58 Å². The van der Waals surface area contributed by atoms with Crippen molar-refractivity contribution in [3.63, 3.8) is 0 Å². The van der Waals surface area contributed by atoms with Gasteiger partial charge in [-0.3, -0.25) is 0 Å². The molecule has 1 atom stereocenters. The number of benzene rings is 1. The van der Waals surface area contributed by atoms with Gasteiger partial charge in [-0.05, 0) is 6.07 Å². The fourth-order valence-electron chi connectivity index (χ4n) is 1.00. The van der Waals surface area contributed by atoms with E-state index in [2.05, 4.69) is 6.58 Å². The van der Waals surface area contributed by atoms with Gasteiger partial charge in [-0.25, -0.2) is 13.2 Å². The van der Waals surface area contributed by atoms with E-state index in [9.17, 15) is 13.2 Å². The van der Waals surface area contributed by atoms with Crippen LogP contribution in [0.25, 0.3) is 0 Å². The topological polar surface area (TPSA) is 26.0 Å². The van der Waals surface area contributed by atoms with Gasteiger partial charge in [0.2, 0.25) is 0 Å². The van der Waals surface area contributed by atoms with Gasteiger partial charge < -0.3 is 5.73 Å². The van der Waals surface area contributed by atoms with Crippen LogP contribution in [0.4, 0.5) is 13.2 Å². The summed E-state index contributed by atoms with van der Waals surface area (Å²) in [6.07, 6.45) is 1.11. The summed E-state index contributed by atoms with van der Waals surface area (Å²) >= 11 is 5.22.